The van der Waals surface area contributed by atoms with Crippen molar-refractivity contribution in [2.24, 2.45) is 0 Å². The SMILES string of the molecule is COc1ccc(OC)c(N2C[C@@](O)(c3ccc(OC)c(OC)c3)[N+]3=C2CCCCC3)c1. The van der Waals surface area contributed by atoms with Gasteiger partial charge >= 0.3 is 0 Å². The van der Waals surface area contributed by atoms with E-state index in [0.717, 1.165) is 60.8 Å². The van der Waals surface area contributed by atoms with Crippen molar-refractivity contribution in [1.29, 1.82) is 0 Å². The quantitative estimate of drug-likeness (QED) is 0.714. The lowest BCUT2D eigenvalue weighted by Crippen LogP contribution is -2.41. The maximum atomic E-state index is 12.1. The standard InChI is InChI=1S/C24H31N2O5/c1-28-18-10-12-20(29-2)19(15-18)25-16-24(27,26-13-7-5-6-8-23(25)26)17-9-11-21(30-3)22(14-17)31-4/h9-12,14-15,27H,5-8,13,16H2,1-4H3/q+1/t24-/m1/s1. The number of benzene rings is 2. The summed E-state index contributed by atoms with van der Waals surface area (Å²) < 4.78 is 24.2. The Morgan fingerprint density at radius 2 is 1.58 bits per heavy atom. The average molecular weight is 428 g/mol. The number of aliphatic hydroxyl groups is 1. The second-order valence-corrected chi connectivity index (χ2v) is 7.89. The van der Waals surface area contributed by atoms with Crippen molar-refractivity contribution in [1.82, 2.24) is 0 Å². The van der Waals surface area contributed by atoms with Gasteiger partial charge in [0.05, 0.1) is 35.0 Å². The minimum Gasteiger partial charge on any atom is -0.497 e. The Morgan fingerprint density at radius 1 is 0.839 bits per heavy atom. The summed E-state index contributed by atoms with van der Waals surface area (Å²) in [6, 6.07) is 11.4. The van der Waals surface area contributed by atoms with Crippen molar-refractivity contribution in [2.75, 3.05) is 46.4 Å². The van der Waals surface area contributed by atoms with Crippen molar-refractivity contribution in [2.45, 2.75) is 31.4 Å². The Balaban J connectivity index is 1.84. The molecular weight excluding hydrogens is 396 g/mol. The number of ether oxygens (including phenoxy) is 4. The first-order valence-electron chi connectivity index (χ1n) is 10.6. The fourth-order valence-corrected chi connectivity index (χ4v) is 4.63. The maximum absolute atomic E-state index is 12.1. The molecule has 1 atom stereocenters. The first-order valence-corrected chi connectivity index (χ1v) is 10.6. The van der Waals surface area contributed by atoms with E-state index in [9.17, 15) is 5.11 Å². The lowest BCUT2D eigenvalue weighted by molar-refractivity contribution is -0.658. The van der Waals surface area contributed by atoms with Gasteiger partial charge in [-0.3, -0.25) is 0 Å². The van der Waals surface area contributed by atoms with E-state index in [1.807, 2.05) is 36.4 Å². The number of anilines is 1. The third-order valence-electron chi connectivity index (χ3n) is 6.25. The number of hydrogen-bond donors (Lipinski definition) is 1. The fourth-order valence-electron chi connectivity index (χ4n) is 4.63. The normalized spacial score (nSPS) is 20.9. The summed E-state index contributed by atoms with van der Waals surface area (Å²) in [5.74, 6) is 3.83. The maximum Gasteiger partial charge on any atom is 0.271 e. The van der Waals surface area contributed by atoms with E-state index >= 15 is 0 Å². The van der Waals surface area contributed by atoms with Crippen LogP contribution in [0.1, 0.15) is 31.2 Å². The molecule has 4 rings (SSSR count). The van der Waals surface area contributed by atoms with Crippen LogP contribution in [0.25, 0.3) is 0 Å². The predicted octanol–water partition coefficient (Wildman–Crippen LogP) is 3.37. The molecule has 0 bridgehead atoms. The Bertz CT molecular complexity index is 990. The molecule has 0 saturated heterocycles. The van der Waals surface area contributed by atoms with Crippen LogP contribution in [0, 0.1) is 0 Å². The Kier molecular flexibility index (Phi) is 5.96. The minimum atomic E-state index is -1.20. The second-order valence-electron chi connectivity index (χ2n) is 7.89. The Labute approximate surface area is 183 Å². The number of nitrogens with zero attached hydrogens (tertiary/aromatic N) is 2. The summed E-state index contributed by atoms with van der Waals surface area (Å²) in [6.45, 7) is 1.16. The topological polar surface area (TPSA) is 63.4 Å². The van der Waals surface area contributed by atoms with Gasteiger partial charge in [-0.15, -0.1) is 0 Å². The van der Waals surface area contributed by atoms with Crippen molar-refractivity contribution in [3.63, 3.8) is 0 Å². The van der Waals surface area contributed by atoms with E-state index < -0.39 is 5.72 Å². The monoisotopic (exact) mass is 427 g/mol. The molecule has 0 fully saturated rings. The first kappa shape index (κ1) is 21.3. The van der Waals surface area contributed by atoms with E-state index in [1.54, 1.807) is 28.4 Å². The third kappa shape index (κ3) is 3.67. The molecule has 0 saturated carbocycles. The van der Waals surface area contributed by atoms with Crippen LogP contribution in [0.3, 0.4) is 0 Å². The summed E-state index contributed by atoms with van der Waals surface area (Å²) in [5.41, 5.74) is 0.460. The Hall–Kier alpha value is -2.93. The number of rotatable bonds is 6. The molecule has 2 aliphatic rings. The summed E-state index contributed by atoms with van der Waals surface area (Å²) >= 11 is 0. The molecule has 2 heterocycles. The molecule has 2 aromatic rings. The van der Waals surface area contributed by atoms with Gasteiger partial charge in [-0.25, -0.2) is 9.48 Å². The first-order chi connectivity index (χ1) is 15.0. The van der Waals surface area contributed by atoms with Gasteiger partial charge in [-0.2, -0.15) is 0 Å². The van der Waals surface area contributed by atoms with Gasteiger partial charge in [0.15, 0.2) is 29.5 Å². The van der Waals surface area contributed by atoms with Gasteiger partial charge in [-0.1, -0.05) is 0 Å². The van der Waals surface area contributed by atoms with E-state index in [-0.39, 0.29) is 0 Å². The molecule has 7 heteroatoms. The molecule has 0 spiro atoms. The number of hydrogen-bond acceptors (Lipinski definition) is 6. The minimum absolute atomic E-state index is 0.376. The van der Waals surface area contributed by atoms with E-state index in [1.165, 1.54) is 0 Å². The van der Waals surface area contributed by atoms with Gasteiger partial charge < -0.3 is 24.1 Å². The largest absolute Gasteiger partial charge is 0.497 e. The van der Waals surface area contributed by atoms with Gasteiger partial charge in [0, 0.05) is 18.1 Å². The van der Waals surface area contributed by atoms with Crippen LogP contribution in [-0.2, 0) is 5.72 Å². The molecule has 0 amide bonds. The van der Waals surface area contributed by atoms with Crippen molar-refractivity contribution >= 4 is 11.5 Å². The molecule has 2 aromatic carbocycles. The molecular formula is C24H31N2O5+. The molecule has 2 aliphatic heterocycles. The van der Waals surface area contributed by atoms with Crippen molar-refractivity contribution in [3.05, 3.63) is 42.0 Å². The lowest BCUT2D eigenvalue weighted by atomic mass is 10.0. The number of β-amino-alcohol motifs (C(OH)–C–C–N with tert-alkyl or cyclic N) is 1. The molecule has 7 nitrogen and oxygen atoms in total. The summed E-state index contributed by atoms with van der Waals surface area (Å²) in [4.78, 5) is 2.17. The highest BCUT2D eigenvalue weighted by atomic mass is 16.5. The van der Waals surface area contributed by atoms with Crippen LogP contribution in [0.2, 0.25) is 0 Å². The van der Waals surface area contributed by atoms with Gasteiger partial charge in [0.1, 0.15) is 5.75 Å². The van der Waals surface area contributed by atoms with Crippen molar-refractivity contribution < 1.29 is 28.6 Å². The zero-order valence-corrected chi connectivity index (χ0v) is 18.7. The van der Waals surface area contributed by atoms with Crippen LogP contribution in [0.5, 0.6) is 23.0 Å². The van der Waals surface area contributed by atoms with Crippen LogP contribution in [0.4, 0.5) is 5.69 Å². The number of amidine groups is 1. The second kappa shape index (κ2) is 8.67. The smallest absolute Gasteiger partial charge is 0.271 e. The highest BCUT2D eigenvalue weighted by molar-refractivity contribution is 5.97. The molecule has 0 aliphatic carbocycles. The molecule has 0 radical (unpaired) electrons. The molecule has 31 heavy (non-hydrogen) atoms. The predicted molar refractivity (Wildman–Crippen MR) is 119 cm³/mol. The summed E-state index contributed by atoms with van der Waals surface area (Å²) in [6.07, 6.45) is 4.12. The number of methoxy groups -OCH3 is 4. The summed E-state index contributed by atoms with van der Waals surface area (Å²) in [5, 5.41) is 12.1. The highest BCUT2D eigenvalue weighted by Gasteiger charge is 2.53. The van der Waals surface area contributed by atoms with E-state index in [4.69, 9.17) is 18.9 Å². The van der Waals surface area contributed by atoms with Gasteiger partial charge in [0.25, 0.3) is 11.6 Å². The Morgan fingerprint density at radius 3 is 2.29 bits per heavy atom. The zero-order chi connectivity index (χ0) is 22.0. The van der Waals surface area contributed by atoms with Crippen molar-refractivity contribution in [3.8, 4) is 23.0 Å². The molecule has 1 N–H and O–H groups in total. The third-order valence-corrected chi connectivity index (χ3v) is 6.25. The van der Waals surface area contributed by atoms with Gasteiger partial charge in [0.2, 0.25) is 0 Å². The van der Waals surface area contributed by atoms with E-state index in [2.05, 4.69) is 9.48 Å². The summed E-state index contributed by atoms with van der Waals surface area (Å²) in [7, 11) is 6.54. The van der Waals surface area contributed by atoms with E-state index in [0.29, 0.717) is 18.0 Å². The van der Waals surface area contributed by atoms with Crippen LogP contribution in [0.15, 0.2) is 36.4 Å². The average Bonchev–Trinajstić information content (AvgIpc) is 2.96. The lowest BCUT2D eigenvalue weighted by Gasteiger charge is -2.24. The molecule has 166 valence electrons. The van der Waals surface area contributed by atoms with Crippen LogP contribution in [-0.4, -0.2) is 57.0 Å². The van der Waals surface area contributed by atoms with Crippen LogP contribution < -0.4 is 23.8 Å². The molecule has 0 unspecified atom stereocenters. The van der Waals surface area contributed by atoms with Gasteiger partial charge in [-0.05, 0) is 49.6 Å². The zero-order valence-electron chi connectivity index (χ0n) is 18.7. The fraction of sp³-hybridized carbons (Fsp3) is 0.458. The van der Waals surface area contributed by atoms with Crippen LogP contribution >= 0.6 is 0 Å². The highest BCUT2D eigenvalue weighted by Crippen LogP contribution is 2.42. The molecule has 0 aromatic heterocycles.